The number of methoxy groups -OCH3 is 2. The van der Waals surface area contributed by atoms with Gasteiger partial charge in [0.1, 0.15) is 34.5 Å². The number of ether oxygens (including phenoxy) is 4. The molecule has 8 heteroatoms. The van der Waals surface area contributed by atoms with Gasteiger partial charge in [0, 0.05) is 43.8 Å². The number of unbranched alkanes of at least 4 members (excludes halogenated alkanes) is 1. The van der Waals surface area contributed by atoms with E-state index in [-0.39, 0.29) is 11.5 Å². The molecule has 0 saturated heterocycles. The number of nitrogens with zero attached hydrogens (tertiary/aromatic N) is 2. The molecule has 2 aromatic heterocycles. The fourth-order valence-corrected chi connectivity index (χ4v) is 9.15. The van der Waals surface area contributed by atoms with Crippen LogP contribution in [0.5, 0.6) is 34.5 Å². The molecule has 318 valence electrons. The quantitative estimate of drug-likeness (QED) is 0.112. The average molecular weight is 845 g/mol. The van der Waals surface area contributed by atoms with Crippen LogP contribution in [0.1, 0.15) is 24.0 Å². The van der Waals surface area contributed by atoms with Crippen LogP contribution >= 0.6 is 0 Å². The zero-order valence-electron chi connectivity index (χ0n) is 36.3. The Morgan fingerprint density at radius 1 is 0.406 bits per heavy atom. The van der Waals surface area contributed by atoms with Crippen LogP contribution in [-0.2, 0) is 0 Å². The Bertz CT molecular complexity index is 3050. The van der Waals surface area contributed by atoms with E-state index in [1.165, 1.54) is 0 Å². The highest BCUT2D eigenvalue weighted by atomic mass is 16.5. The van der Waals surface area contributed by atoms with E-state index >= 15 is 0 Å². The molecule has 0 spiro atoms. The van der Waals surface area contributed by atoms with Crippen molar-refractivity contribution in [3.63, 3.8) is 0 Å². The molecule has 0 saturated carbocycles. The van der Waals surface area contributed by atoms with E-state index in [2.05, 4.69) is 57.7 Å². The predicted octanol–water partition coefficient (Wildman–Crippen LogP) is 13.5. The molecule has 64 heavy (non-hydrogen) atoms. The number of aromatic hydroxyl groups is 2. The number of aromatic nitrogens is 2. The Balaban J connectivity index is 0.899. The summed E-state index contributed by atoms with van der Waals surface area (Å²) in [4.78, 5) is 0. The first-order chi connectivity index (χ1) is 31.3. The molecule has 8 nitrogen and oxygen atoms in total. The second kappa shape index (κ2) is 16.8. The summed E-state index contributed by atoms with van der Waals surface area (Å²) in [5.41, 5.74) is 10.2. The number of hydrogen-bond donors (Lipinski definition) is 2. The van der Waals surface area contributed by atoms with Gasteiger partial charge in [-0.3, -0.25) is 0 Å². The molecular weight excluding hydrogens is 797 g/mol. The number of phenolic OH excluding ortho intramolecular Hbond substituents is 2. The molecule has 0 aliphatic heterocycles. The van der Waals surface area contributed by atoms with Crippen LogP contribution in [0.4, 0.5) is 0 Å². The lowest BCUT2D eigenvalue weighted by Gasteiger charge is -2.19. The maximum absolute atomic E-state index is 12.2. The van der Waals surface area contributed by atoms with Gasteiger partial charge in [-0.25, -0.2) is 0 Å². The van der Waals surface area contributed by atoms with Gasteiger partial charge < -0.3 is 38.3 Å². The lowest BCUT2D eigenvalue weighted by molar-refractivity contribution is 0.267. The van der Waals surface area contributed by atoms with Crippen LogP contribution in [0.15, 0.2) is 158 Å². The average Bonchev–Trinajstić information content (AvgIpc) is 3.84. The van der Waals surface area contributed by atoms with Crippen LogP contribution in [0.25, 0.3) is 77.2 Å². The van der Waals surface area contributed by atoms with Crippen LogP contribution in [0, 0.1) is 13.8 Å². The highest BCUT2D eigenvalue weighted by molar-refractivity contribution is 6.10. The second-order valence-electron chi connectivity index (χ2n) is 16.2. The third-order valence-corrected chi connectivity index (χ3v) is 12.1. The van der Waals surface area contributed by atoms with E-state index in [0.29, 0.717) is 71.6 Å². The van der Waals surface area contributed by atoms with Crippen molar-refractivity contribution < 1.29 is 29.2 Å². The lowest BCUT2D eigenvalue weighted by Crippen LogP contribution is -2.05. The third-order valence-electron chi connectivity index (χ3n) is 12.1. The molecule has 0 bridgehead atoms. The first-order valence-electron chi connectivity index (χ1n) is 21.6. The summed E-state index contributed by atoms with van der Waals surface area (Å²) in [6.45, 7) is 4.93. The molecule has 0 unspecified atom stereocenters. The Morgan fingerprint density at radius 3 is 1.09 bits per heavy atom. The van der Waals surface area contributed by atoms with Gasteiger partial charge in [0.25, 0.3) is 0 Å². The van der Waals surface area contributed by atoms with Crippen molar-refractivity contribution in [2.75, 3.05) is 27.4 Å². The van der Waals surface area contributed by atoms with E-state index in [1.54, 1.807) is 14.2 Å². The summed E-state index contributed by atoms with van der Waals surface area (Å²) in [6.07, 6.45) is 1.41. The Hall–Kier alpha value is -7.84. The summed E-state index contributed by atoms with van der Waals surface area (Å²) in [7, 11) is 3.27. The van der Waals surface area contributed by atoms with Crippen molar-refractivity contribution in [2.45, 2.75) is 26.7 Å². The number of rotatable bonds is 13. The lowest BCUT2D eigenvalue weighted by atomic mass is 9.99. The minimum atomic E-state index is 0.153. The van der Waals surface area contributed by atoms with Crippen LogP contribution in [0.2, 0.25) is 0 Å². The topological polar surface area (TPSA) is 87.2 Å². The first kappa shape index (κ1) is 40.2. The maximum atomic E-state index is 12.2. The monoisotopic (exact) mass is 844 g/mol. The van der Waals surface area contributed by atoms with E-state index in [0.717, 1.165) is 65.9 Å². The molecule has 0 atom stereocenters. The third kappa shape index (κ3) is 7.07. The van der Waals surface area contributed by atoms with E-state index in [1.807, 2.05) is 123 Å². The molecule has 0 radical (unpaired) electrons. The van der Waals surface area contributed by atoms with Crippen molar-refractivity contribution in [1.29, 1.82) is 0 Å². The zero-order chi connectivity index (χ0) is 43.9. The normalized spacial score (nSPS) is 11.5. The Morgan fingerprint density at radius 2 is 0.750 bits per heavy atom. The van der Waals surface area contributed by atoms with Gasteiger partial charge in [-0.05, 0) is 123 Å². The van der Waals surface area contributed by atoms with Gasteiger partial charge in [0.2, 0.25) is 0 Å². The fraction of sp³-hybridized carbons (Fsp3) is 0.143. The maximum Gasteiger partial charge on any atom is 0.147 e. The molecule has 2 heterocycles. The van der Waals surface area contributed by atoms with Crippen molar-refractivity contribution in [1.82, 2.24) is 9.13 Å². The largest absolute Gasteiger partial charge is 0.505 e. The van der Waals surface area contributed by atoms with Gasteiger partial charge in [-0.2, -0.15) is 0 Å². The number of fused-ring (bicyclic) bond motifs is 6. The van der Waals surface area contributed by atoms with Gasteiger partial charge in [-0.1, -0.05) is 72.8 Å². The van der Waals surface area contributed by atoms with Gasteiger partial charge in [0.05, 0.1) is 60.9 Å². The van der Waals surface area contributed by atoms with E-state index in [4.69, 9.17) is 18.9 Å². The number of para-hydroxylation sites is 4. The van der Waals surface area contributed by atoms with Gasteiger partial charge in [0.15, 0.2) is 0 Å². The minimum absolute atomic E-state index is 0.153. The smallest absolute Gasteiger partial charge is 0.147 e. The standard InChI is InChI=1S/C56H48N2O6/c1-35-29-45(55(59)51(31-35)57-47-19-9-5-15-39(47)40-16-6-10-20-48(40)57)43-33-37(61-3)23-25-53(43)63-27-13-14-28-64-54-26-24-38(62-4)34-44(54)46-30-36(2)32-52(56(46)60)58-49-21-11-7-17-41(49)42-18-8-12-22-50(42)58/h5-12,15-26,29-34,59-60H,13-14,27-28H2,1-4H3. The van der Waals surface area contributed by atoms with Crippen molar-refractivity contribution >= 4 is 43.6 Å². The fourth-order valence-electron chi connectivity index (χ4n) is 9.15. The molecule has 0 fully saturated rings. The molecule has 10 aromatic rings. The Labute approximate surface area is 371 Å². The van der Waals surface area contributed by atoms with Crippen molar-refractivity contribution in [3.05, 3.63) is 169 Å². The SMILES string of the molecule is COc1ccc(OCCCCOc2ccc(OC)cc2-c2cc(C)cc(-n3c4ccccc4c4ccccc43)c2O)c(-c2cc(C)cc(-n3c4ccccc4c4ccccc43)c2O)c1. The van der Waals surface area contributed by atoms with Crippen LogP contribution < -0.4 is 18.9 Å². The number of benzene rings is 8. The molecular formula is C56H48N2O6. The molecule has 0 amide bonds. The van der Waals surface area contributed by atoms with E-state index in [9.17, 15) is 10.2 Å². The van der Waals surface area contributed by atoms with Gasteiger partial charge in [-0.15, -0.1) is 0 Å². The van der Waals surface area contributed by atoms with E-state index < -0.39 is 0 Å². The number of hydrogen-bond acceptors (Lipinski definition) is 6. The molecule has 8 aromatic carbocycles. The summed E-state index contributed by atoms with van der Waals surface area (Å²) in [5.74, 6) is 2.91. The minimum Gasteiger partial charge on any atom is -0.505 e. The number of phenols is 2. The van der Waals surface area contributed by atoms with Crippen LogP contribution in [-0.4, -0.2) is 46.8 Å². The molecule has 0 aliphatic rings. The number of aryl methyl sites for hydroxylation is 2. The first-order valence-corrected chi connectivity index (χ1v) is 21.6. The molecule has 0 aliphatic carbocycles. The summed E-state index contributed by atoms with van der Waals surface area (Å²) in [5, 5.41) is 28.8. The van der Waals surface area contributed by atoms with Crippen molar-refractivity contribution in [2.24, 2.45) is 0 Å². The summed E-state index contributed by atoms with van der Waals surface area (Å²) in [6, 6.07) is 52.6. The molecule has 10 rings (SSSR count). The zero-order valence-corrected chi connectivity index (χ0v) is 36.3. The second-order valence-corrected chi connectivity index (χ2v) is 16.2. The highest BCUT2D eigenvalue weighted by Crippen LogP contribution is 2.46. The Kier molecular flexibility index (Phi) is 10.6. The predicted molar refractivity (Wildman–Crippen MR) is 259 cm³/mol. The summed E-state index contributed by atoms with van der Waals surface area (Å²) < 4.78 is 28.6. The van der Waals surface area contributed by atoms with Gasteiger partial charge >= 0.3 is 0 Å². The molecule has 2 N–H and O–H groups in total. The summed E-state index contributed by atoms with van der Waals surface area (Å²) >= 11 is 0. The van der Waals surface area contributed by atoms with Crippen molar-refractivity contribution in [3.8, 4) is 68.1 Å². The highest BCUT2D eigenvalue weighted by Gasteiger charge is 2.22. The van der Waals surface area contributed by atoms with Crippen LogP contribution in [0.3, 0.4) is 0 Å².